The van der Waals surface area contributed by atoms with Gasteiger partial charge in [0.05, 0.1) is 30.5 Å². The summed E-state index contributed by atoms with van der Waals surface area (Å²) in [5, 5.41) is 3.03. The predicted octanol–water partition coefficient (Wildman–Crippen LogP) is 2.09. The largest absolute Gasteiger partial charge is 0.466 e. The predicted molar refractivity (Wildman–Crippen MR) is 89.9 cm³/mol. The molecule has 2 aromatic rings. The minimum atomic E-state index is -0.112. The number of aromatic nitrogens is 1. The topological polar surface area (TPSA) is 67.6 Å². The summed E-state index contributed by atoms with van der Waals surface area (Å²) in [7, 11) is 0. The van der Waals surface area contributed by atoms with E-state index in [0.29, 0.717) is 31.1 Å². The van der Waals surface area contributed by atoms with Crippen LogP contribution in [0.2, 0.25) is 0 Å². The summed E-state index contributed by atoms with van der Waals surface area (Å²) in [6.07, 6.45) is 1.79. The van der Waals surface area contributed by atoms with Crippen molar-refractivity contribution in [1.29, 1.82) is 0 Å². The number of aryl methyl sites for hydroxylation is 2. The Labute approximate surface area is 141 Å². The summed E-state index contributed by atoms with van der Waals surface area (Å²) in [6, 6.07) is 7.68. The molecule has 1 saturated heterocycles. The first kappa shape index (κ1) is 16.7. The van der Waals surface area contributed by atoms with Gasteiger partial charge in [0, 0.05) is 25.8 Å². The zero-order chi connectivity index (χ0) is 16.9. The van der Waals surface area contributed by atoms with Crippen molar-refractivity contribution in [2.24, 2.45) is 0 Å². The number of nitrogens with zero attached hydrogens (tertiary/aromatic N) is 2. The van der Waals surface area contributed by atoms with Gasteiger partial charge >= 0.3 is 0 Å². The van der Waals surface area contributed by atoms with Crippen molar-refractivity contribution in [1.82, 2.24) is 15.2 Å². The molecule has 1 N–H and O–H groups in total. The lowest BCUT2D eigenvalue weighted by Gasteiger charge is -2.34. The molecule has 2 aromatic heterocycles. The first-order valence-electron chi connectivity index (χ1n) is 8.23. The zero-order valence-electron chi connectivity index (χ0n) is 14.1. The van der Waals surface area contributed by atoms with E-state index >= 15 is 0 Å². The van der Waals surface area contributed by atoms with Crippen LogP contribution in [0.4, 0.5) is 0 Å². The van der Waals surface area contributed by atoms with Crippen LogP contribution in [0.25, 0.3) is 0 Å². The van der Waals surface area contributed by atoms with Gasteiger partial charge in [-0.2, -0.15) is 0 Å². The Morgan fingerprint density at radius 3 is 2.75 bits per heavy atom. The molecule has 1 amide bonds. The Morgan fingerprint density at radius 2 is 2.12 bits per heavy atom. The molecule has 128 valence electrons. The molecule has 3 heterocycles. The molecule has 0 aliphatic carbocycles. The fourth-order valence-electron chi connectivity index (χ4n) is 3.02. The Kier molecular flexibility index (Phi) is 5.27. The Morgan fingerprint density at radius 1 is 1.33 bits per heavy atom. The van der Waals surface area contributed by atoms with Crippen LogP contribution in [0.3, 0.4) is 0 Å². The van der Waals surface area contributed by atoms with E-state index in [1.165, 1.54) is 0 Å². The number of carbonyl (C=O) groups excluding carboxylic acids is 1. The third-order valence-corrected chi connectivity index (χ3v) is 4.26. The van der Waals surface area contributed by atoms with E-state index in [0.717, 1.165) is 24.5 Å². The first-order chi connectivity index (χ1) is 11.6. The van der Waals surface area contributed by atoms with Crippen molar-refractivity contribution in [2.75, 3.05) is 32.8 Å². The Hall–Kier alpha value is -2.18. The summed E-state index contributed by atoms with van der Waals surface area (Å²) in [5.41, 5.74) is 1.55. The molecular weight excluding hydrogens is 306 g/mol. The summed E-state index contributed by atoms with van der Waals surface area (Å²) in [4.78, 5) is 19.2. The molecule has 0 bridgehead atoms. The highest BCUT2D eigenvalue weighted by molar-refractivity contribution is 5.95. The van der Waals surface area contributed by atoms with Crippen molar-refractivity contribution in [2.45, 2.75) is 19.9 Å². The molecule has 1 aliphatic rings. The van der Waals surface area contributed by atoms with E-state index in [2.05, 4.69) is 15.2 Å². The monoisotopic (exact) mass is 329 g/mol. The normalized spacial score (nSPS) is 16.8. The molecule has 0 spiro atoms. The highest BCUT2D eigenvalue weighted by atomic mass is 16.5. The van der Waals surface area contributed by atoms with Gasteiger partial charge in [0.15, 0.2) is 0 Å². The minimum absolute atomic E-state index is 0.0346. The molecule has 1 aliphatic heterocycles. The highest BCUT2D eigenvalue weighted by Gasteiger charge is 2.24. The van der Waals surface area contributed by atoms with E-state index in [1.807, 2.05) is 25.1 Å². The Balaban J connectivity index is 1.72. The van der Waals surface area contributed by atoms with Crippen LogP contribution in [0.1, 0.15) is 33.6 Å². The third-order valence-electron chi connectivity index (χ3n) is 4.26. The maximum absolute atomic E-state index is 12.5. The number of carbonyl (C=O) groups is 1. The molecule has 0 unspecified atom stereocenters. The first-order valence-corrected chi connectivity index (χ1v) is 8.23. The van der Waals surface area contributed by atoms with Gasteiger partial charge in [0.2, 0.25) is 0 Å². The fourth-order valence-corrected chi connectivity index (χ4v) is 3.02. The number of morpholine rings is 1. The van der Waals surface area contributed by atoms with Gasteiger partial charge in [-0.15, -0.1) is 0 Å². The molecule has 1 fully saturated rings. The zero-order valence-corrected chi connectivity index (χ0v) is 14.1. The molecule has 0 radical (unpaired) electrons. The van der Waals surface area contributed by atoms with Crippen LogP contribution in [0, 0.1) is 13.8 Å². The van der Waals surface area contributed by atoms with Gasteiger partial charge < -0.3 is 14.5 Å². The lowest BCUT2D eigenvalue weighted by molar-refractivity contribution is 0.0154. The highest BCUT2D eigenvalue weighted by Crippen LogP contribution is 2.20. The van der Waals surface area contributed by atoms with Gasteiger partial charge in [-0.1, -0.05) is 6.07 Å². The van der Waals surface area contributed by atoms with Crippen molar-refractivity contribution in [3.8, 4) is 0 Å². The van der Waals surface area contributed by atoms with Crippen LogP contribution in [-0.2, 0) is 4.74 Å². The van der Waals surface area contributed by atoms with Crippen LogP contribution in [0.15, 0.2) is 34.9 Å². The summed E-state index contributed by atoms with van der Waals surface area (Å²) >= 11 is 0. The van der Waals surface area contributed by atoms with Crippen LogP contribution >= 0.6 is 0 Å². The van der Waals surface area contributed by atoms with E-state index < -0.39 is 0 Å². The standard InChI is InChI=1S/C18H23N3O3/c1-13-11-15(14(2)24-13)18(22)20-12-17(16-5-3-4-6-19-16)21-7-9-23-10-8-21/h3-6,11,17H,7-10,12H2,1-2H3,(H,20,22)/t17-/m0/s1. The molecule has 1 atom stereocenters. The van der Waals surface area contributed by atoms with Crippen molar-refractivity contribution in [3.05, 3.63) is 53.2 Å². The number of hydrogen-bond donors (Lipinski definition) is 1. The second kappa shape index (κ2) is 7.59. The number of rotatable bonds is 5. The molecule has 0 aromatic carbocycles. The van der Waals surface area contributed by atoms with E-state index in [-0.39, 0.29) is 11.9 Å². The van der Waals surface area contributed by atoms with E-state index in [1.54, 1.807) is 19.2 Å². The smallest absolute Gasteiger partial charge is 0.254 e. The number of hydrogen-bond acceptors (Lipinski definition) is 5. The number of ether oxygens (including phenoxy) is 1. The maximum atomic E-state index is 12.5. The average molecular weight is 329 g/mol. The summed E-state index contributed by atoms with van der Waals surface area (Å²) in [5.74, 6) is 1.27. The number of nitrogens with one attached hydrogen (secondary N) is 1. The third kappa shape index (κ3) is 3.83. The van der Waals surface area contributed by atoms with Crippen molar-refractivity contribution in [3.63, 3.8) is 0 Å². The number of amides is 1. The van der Waals surface area contributed by atoms with Crippen LogP contribution in [-0.4, -0.2) is 48.6 Å². The molecule has 0 saturated carbocycles. The lowest BCUT2D eigenvalue weighted by atomic mass is 10.1. The van der Waals surface area contributed by atoms with Gasteiger partial charge in [-0.25, -0.2) is 0 Å². The second-order valence-electron chi connectivity index (χ2n) is 5.96. The summed E-state index contributed by atoms with van der Waals surface area (Å²) in [6.45, 7) is 7.23. The van der Waals surface area contributed by atoms with Crippen molar-refractivity contribution < 1.29 is 13.9 Å². The summed E-state index contributed by atoms with van der Waals surface area (Å²) < 4.78 is 10.9. The molecule has 3 rings (SSSR count). The number of pyridine rings is 1. The average Bonchev–Trinajstić information content (AvgIpc) is 2.95. The fraction of sp³-hybridized carbons (Fsp3) is 0.444. The van der Waals surface area contributed by atoms with Crippen molar-refractivity contribution >= 4 is 5.91 Å². The minimum Gasteiger partial charge on any atom is -0.466 e. The van der Waals surface area contributed by atoms with E-state index in [4.69, 9.17) is 9.15 Å². The lowest BCUT2D eigenvalue weighted by Crippen LogP contribution is -2.44. The second-order valence-corrected chi connectivity index (χ2v) is 5.96. The maximum Gasteiger partial charge on any atom is 0.254 e. The molecule has 6 nitrogen and oxygen atoms in total. The van der Waals surface area contributed by atoms with Crippen LogP contribution in [0.5, 0.6) is 0 Å². The Bertz CT molecular complexity index is 678. The van der Waals surface area contributed by atoms with Gasteiger partial charge in [0.25, 0.3) is 5.91 Å². The van der Waals surface area contributed by atoms with Gasteiger partial charge in [-0.3, -0.25) is 14.7 Å². The van der Waals surface area contributed by atoms with E-state index in [9.17, 15) is 4.79 Å². The molecule has 24 heavy (non-hydrogen) atoms. The van der Waals surface area contributed by atoms with Gasteiger partial charge in [0.1, 0.15) is 11.5 Å². The van der Waals surface area contributed by atoms with Crippen LogP contribution < -0.4 is 5.32 Å². The van der Waals surface area contributed by atoms with Gasteiger partial charge in [-0.05, 0) is 32.0 Å². The molecular formula is C18H23N3O3. The SMILES string of the molecule is Cc1cc(C(=O)NC[C@@H](c2ccccn2)N2CCOCC2)c(C)o1. The quantitative estimate of drug-likeness (QED) is 0.910. The number of furan rings is 1. The molecule has 6 heteroatoms.